The highest BCUT2D eigenvalue weighted by atomic mass is 35.5. The van der Waals surface area contributed by atoms with Crippen LogP contribution in [0.5, 0.6) is 0 Å². The first-order chi connectivity index (χ1) is 13.4. The van der Waals surface area contributed by atoms with E-state index in [-0.39, 0.29) is 23.6 Å². The number of cyclic esters (lactones) is 1. The predicted molar refractivity (Wildman–Crippen MR) is 107 cm³/mol. The fourth-order valence-electron chi connectivity index (χ4n) is 3.93. The van der Waals surface area contributed by atoms with Crippen LogP contribution >= 0.6 is 11.6 Å². The molecule has 28 heavy (non-hydrogen) atoms. The Kier molecular flexibility index (Phi) is 5.07. The van der Waals surface area contributed by atoms with E-state index in [9.17, 15) is 13.2 Å². The molecule has 2 heterocycles. The van der Waals surface area contributed by atoms with Crippen molar-refractivity contribution in [1.29, 1.82) is 0 Å². The molecule has 1 saturated heterocycles. The summed E-state index contributed by atoms with van der Waals surface area (Å²) >= 11 is 5.95. The number of halogens is 1. The quantitative estimate of drug-likeness (QED) is 0.753. The summed E-state index contributed by atoms with van der Waals surface area (Å²) in [6, 6.07) is 12.1. The number of fused-ring (bicyclic) bond motifs is 1. The van der Waals surface area contributed by atoms with Crippen LogP contribution in [0.4, 0.5) is 10.5 Å². The number of nitrogens with zero attached hydrogens (tertiary/aromatic N) is 2. The van der Waals surface area contributed by atoms with Gasteiger partial charge in [0.25, 0.3) is 0 Å². The van der Waals surface area contributed by atoms with Crippen molar-refractivity contribution in [3.05, 3.63) is 58.6 Å². The van der Waals surface area contributed by atoms with Crippen LogP contribution in [0.15, 0.2) is 47.4 Å². The summed E-state index contributed by atoms with van der Waals surface area (Å²) in [5, 5.41) is 0.388. The molecule has 8 heteroatoms. The smallest absolute Gasteiger partial charge is 0.414 e. The van der Waals surface area contributed by atoms with Gasteiger partial charge in [-0.25, -0.2) is 13.2 Å². The lowest BCUT2D eigenvalue weighted by atomic mass is 10.00. The number of sulfonamides is 1. The summed E-state index contributed by atoms with van der Waals surface area (Å²) in [6.07, 6.45) is 0.726. The SMILES string of the molecule is Cc1cccc2c1N(C1CCN(S(=O)(=O)c3cccc(Cl)c3)CC1)C(=O)OC2. The minimum atomic E-state index is -3.61. The van der Waals surface area contributed by atoms with E-state index in [0.717, 1.165) is 16.8 Å². The molecule has 148 valence electrons. The zero-order valence-electron chi connectivity index (χ0n) is 15.5. The fraction of sp³-hybridized carbons (Fsp3) is 0.350. The second-order valence-electron chi connectivity index (χ2n) is 7.10. The molecule has 6 nitrogen and oxygen atoms in total. The number of aryl methyl sites for hydroxylation is 1. The molecule has 0 aromatic heterocycles. The van der Waals surface area contributed by atoms with Crippen LogP contribution in [0.1, 0.15) is 24.0 Å². The first-order valence-electron chi connectivity index (χ1n) is 9.18. The zero-order chi connectivity index (χ0) is 19.9. The molecule has 0 radical (unpaired) electrons. The van der Waals surface area contributed by atoms with Crippen molar-refractivity contribution >= 4 is 33.4 Å². The number of carbonyl (C=O) groups is 1. The van der Waals surface area contributed by atoms with Crippen LogP contribution in [-0.4, -0.2) is 37.9 Å². The third-order valence-corrected chi connectivity index (χ3v) is 7.46. The van der Waals surface area contributed by atoms with Crippen molar-refractivity contribution in [2.24, 2.45) is 0 Å². The van der Waals surface area contributed by atoms with Crippen molar-refractivity contribution in [3.63, 3.8) is 0 Å². The molecule has 0 saturated carbocycles. The maximum Gasteiger partial charge on any atom is 0.414 e. The summed E-state index contributed by atoms with van der Waals surface area (Å²) < 4.78 is 32.6. The van der Waals surface area contributed by atoms with Gasteiger partial charge in [-0.2, -0.15) is 4.31 Å². The maximum absolute atomic E-state index is 12.9. The van der Waals surface area contributed by atoms with Crippen LogP contribution in [0, 0.1) is 6.92 Å². The van der Waals surface area contributed by atoms with Gasteiger partial charge in [-0.05, 0) is 43.5 Å². The Bertz CT molecular complexity index is 1020. The molecule has 0 bridgehead atoms. The van der Waals surface area contributed by atoms with E-state index in [1.807, 2.05) is 25.1 Å². The lowest BCUT2D eigenvalue weighted by Crippen LogP contribution is -2.50. The molecule has 2 aliphatic heterocycles. The molecular formula is C20H21ClN2O4S. The standard InChI is InChI=1S/C20H21ClN2O4S/c1-14-4-2-5-15-13-27-20(24)23(19(14)15)17-8-10-22(11-9-17)28(25,26)18-7-3-6-16(21)12-18/h2-7,12,17H,8-11,13H2,1H3. The molecule has 4 rings (SSSR count). The number of benzene rings is 2. The average molecular weight is 421 g/mol. The second-order valence-corrected chi connectivity index (χ2v) is 9.47. The molecule has 1 amide bonds. The summed E-state index contributed by atoms with van der Waals surface area (Å²) in [4.78, 5) is 14.4. The van der Waals surface area contributed by atoms with Gasteiger partial charge in [-0.15, -0.1) is 0 Å². The minimum absolute atomic E-state index is 0.0986. The van der Waals surface area contributed by atoms with E-state index < -0.39 is 10.0 Å². The van der Waals surface area contributed by atoms with E-state index in [0.29, 0.717) is 31.0 Å². The Hall–Kier alpha value is -2.09. The first-order valence-corrected chi connectivity index (χ1v) is 11.0. The molecule has 0 atom stereocenters. The number of piperidine rings is 1. The lowest BCUT2D eigenvalue weighted by Gasteiger charge is -2.40. The summed E-state index contributed by atoms with van der Waals surface area (Å²) in [5.41, 5.74) is 2.90. The van der Waals surface area contributed by atoms with Gasteiger partial charge in [0, 0.05) is 29.7 Å². The topological polar surface area (TPSA) is 66.9 Å². The Labute approximate surface area is 169 Å². The van der Waals surface area contributed by atoms with Crippen LogP contribution < -0.4 is 4.90 Å². The molecule has 0 N–H and O–H groups in total. The number of hydrogen-bond donors (Lipinski definition) is 0. The molecule has 1 fully saturated rings. The number of hydrogen-bond acceptors (Lipinski definition) is 4. The highest BCUT2D eigenvalue weighted by molar-refractivity contribution is 7.89. The van der Waals surface area contributed by atoms with Gasteiger partial charge in [0.15, 0.2) is 0 Å². The number of anilines is 1. The number of carbonyl (C=O) groups excluding carboxylic acids is 1. The van der Waals surface area contributed by atoms with Gasteiger partial charge in [0.2, 0.25) is 10.0 Å². The Balaban J connectivity index is 1.55. The zero-order valence-corrected chi connectivity index (χ0v) is 17.0. The van der Waals surface area contributed by atoms with Crippen molar-refractivity contribution in [1.82, 2.24) is 4.31 Å². The Morgan fingerprint density at radius 2 is 1.82 bits per heavy atom. The van der Waals surface area contributed by atoms with Gasteiger partial charge >= 0.3 is 6.09 Å². The normalized spacial score (nSPS) is 18.6. The molecule has 0 spiro atoms. The number of rotatable bonds is 3. The third kappa shape index (κ3) is 3.38. The van der Waals surface area contributed by atoms with Crippen molar-refractivity contribution in [2.45, 2.75) is 37.3 Å². The van der Waals surface area contributed by atoms with Crippen molar-refractivity contribution in [2.75, 3.05) is 18.0 Å². The molecule has 2 aromatic rings. The van der Waals surface area contributed by atoms with Gasteiger partial charge in [0.05, 0.1) is 10.6 Å². The monoisotopic (exact) mass is 420 g/mol. The molecule has 0 unspecified atom stereocenters. The summed E-state index contributed by atoms with van der Waals surface area (Å²) in [7, 11) is -3.61. The molecule has 2 aromatic carbocycles. The van der Waals surface area contributed by atoms with Gasteiger partial charge in [-0.3, -0.25) is 4.90 Å². The number of para-hydroxylation sites is 1. The summed E-state index contributed by atoms with van der Waals surface area (Å²) in [5.74, 6) is 0. The Morgan fingerprint density at radius 1 is 1.11 bits per heavy atom. The fourth-order valence-corrected chi connectivity index (χ4v) is 5.70. The Morgan fingerprint density at radius 3 is 2.54 bits per heavy atom. The van der Waals surface area contributed by atoms with E-state index in [1.54, 1.807) is 23.1 Å². The minimum Gasteiger partial charge on any atom is -0.444 e. The molecular weight excluding hydrogens is 400 g/mol. The van der Waals surface area contributed by atoms with E-state index in [2.05, 4.69) is 0 Å². The van der Waals surface area contributed by atoms with Crippen LogP contribution in [0.25, 0.3) is 0 Å². The van der Waals surface area contributed by atoms with Gasteiger partial charge in [-0.1, -0.05) is 35.9 Å². The van der Waals surface area contributed by atoms with E-state index in [4.69, 9.17) is 16.3 Å². The largest absolute Gasteiger partial charge is 0.444 e. The highest BCUT2D eigenvalue weighted by Gasteiger charge is 2.37. The lowest BCUT2D eigenvalue weighted by molar-refractivity contribution is 0.135. The maximum atomic E-state index is 12.9. The number of amides is 1. The number of ether oxygens (including phenoxy) is 1. The predicted octanol–water partition coefficient (Wildman–Crippen LogP) is 3.96. The second kappa shape index (κ2) is 7.39. The van der Waals surface area contributed by atoms with Crippen molar-refractivity contribution in [3.8, 4) is 0 Å². The van der Waals surface area contributed by atoms with E-state index >= 15 is 0 Å². The van der Waals surface area contributed by atoms with Gasteiger partial charge in [0.1, 0.15) is 6.61 Å². The van der Waals surface area contributed by atoms with Crippen LogP contribution in [-0.2, 0) is 21.4 Å². The third-order valence-electron chi connectivity index (χ3n) is 5.33. The highest BCUT2D eigenvalue weighted by Crippen LogP contribution is 2.35. The average Bonchev–Trinajstić information content (AvgIpc) is 2.69. The first kappa shape index (κ1) is 19.2. The molecule has 0 aliphatic carbocycles. The van der Waals surface area contributed by atoms with Crippen molar-refractivity contribution < 1.29 is 17.9 Å². The van der Waals surface area contributed by atoms with Crippen LogP contribution in [0.3, 0.4) is 0 Å². The van der Waals surface area contributed by atoms with E-state index in [1.165, 1.54) is 10.4 Å². The summed E-state index contributed by atoms with van der Waals surface area (Å²) in [6.45, 7) is 2.92. The molecule has 2 aliphatic rings. The van der Waals surface area contributed by atoms with Gasteiger partial charge < -0.3 is 4.74 Å². The van der Waals surface area contributed by atoms with Crippen LogP contribution in [0.2, 0.25) is 5.02 Å².